The van der Waals surface area contributed by atoms with Crippen LogP contribution in [0.3, 0.4) is 0 Å². The molecule has 0 aliphatic rings. The van der Waals surface area contributed by atoms with Gasteiger partial charge >= 0.3 is 0 Å². The van der Waals surface area contributed by atoms with Gasteiger partial charge in [0.15, 0.2) is 0 Å². The largest absolute Gasteiger partial charge is 0.322 e. The molecule has 0 heterocycles. The highest BCUT2D eigenvalue weighted by atomic mass is 127. The summed E-state index contributed by atoms with van der Waals surface area (Å²) in [4.78, 5) is 25.2. The molecule has 1 N–H and O–H groups in total. The van der Waals surface area contributed by atoms with Gasteiger partial charge in [0.2, 0.25) is 5.91 Å². The lowest BCUT2D eigenvalue weighted by atomic mass is 10.1. The molecule has 5 heteroatoms. The van der Waals surface area contributed by atoms with Crippen LogP contribution < -0.4 is 10.2 Å². The number of benzene rings is 2. The standard InChI is InChI=1S/C17H17IN2O2/c1-11-7-8-13(9-16(11)18)17(22)19-14-5-4-6-15(10-14)20(3)12(2)21/h4-10H,1-3H3,(H,19,22). The number of amides is 2. The Morgan fingerprint density at radius 3 is 2.50 bits per heavy atom. The number of hydrogen-bond donors (Lipinski definition) is 1. The summed E-state index contributed by atoms with van der Waals surface area (Å²) >= 11 is 2.21. The fourth-order valence-electron chi connectivity index (χ4n) is 1.91. The van der Waals surface area contributed by atoms with Crippen LogP contribution >= 0.6 is 22.6 Å². The zero-order valence-corrected chi connectivity index (χ0v) is 14.8. The fraction of sp³-hybridized carbons (Fsp3) is 0.176. The van der Waals surface area contributed by atoms with Gasteiger partial charge in [-0.1, -0.05) is 12.1 Å². The van der Waals surface area contributed by atoms with Gasteiger partial charge in [0.25, 0.3) is 5.91 Å². The molecule has 0 atom stereocenters. The van der Waals surface area contributed by atoms with E-state index in [0.29, 0.717) is 11.3 Å². The van der Waals surface area contributed by atoms with E-state index in [-0.39, 0.29) is 11.8 Å². The van der Waals surface area contributed by atoms with E-state index in [1.165, 1.54) is 11.8 Å². The lowest BCUT2D eigenvalue weighted by Gasteiger charge is -2.16. The molecule has 4 nitrogen and oxygen atoms in total. The molecule has 0 unspecified atom stereocenters. The highest BCUT2D eigenvalue weighted by Crippen LogP contribution is 2.20. The van der Waals surface area contributed by atoms with Crippen molar-refractivity contribution in [1.29, 1.82) is 0 Å². The number of halogens is 1. The summed E-state index contributed by atoms with van der Waals surface area (Å²) < 4.78 is 1.05. The average Bonchev–Trinajstić information content (AvgIpc) is 2.49. The van der Waals surface area contributed by atoms with Crippen molar-refractivity contribution in [1.82, 2.24) is 0 Å². The minimum atomic E-state index is -0.166. The van der Waals surface area contributed by atoms with E-state index in [9.17, 15) is 9.59 Å². The molecule has 2 aromatic rings. The van der Waals surface area contributed by atoms with Crippen LogP contribution in [0.25, 0.3) is 0 Å². The number of aryl methyl sites for hydroxylation is 1. The van der Waals surface area contributed by atoms with Crippen molar-refractivity contribution in [3.63, 3.8) is 0 Å². The molecule has 114 valence electrons. The summed E-state index contributed by atoms with van der Waals surface area (Å²) in [5.41, 5.74) is 3.15. The first-order chi connectivity index (χ1) is 10.4. The van der Waals surface area contributed by atoms with Crippen LogP contribution in [0.5, 0.6) is 0 Å². The van der Waals surface area contributed by atoms with E-state index in [2.05, 4.69) is 27.9 Å². The third kappa shape index (κ3) is 3.85. The topological polar surface area (TPSA) is 49.4 Å². The Morgan fingerprint density at radius 2 is 1.86 bits per heavy atom. The van der Waals surface area contributed by atoms with Crippen LogP contribution in [0.4, 0.5) is 11.4 Å². The van der Waals surface area contributed by atoms with Gasteiger partial charge < -0.3 is 10.2 Å². The average molecular weight is 408 g/mol. The monoisotopic (exact) mass is 408 g/mol. The summed E-state index contributed by atoms with van der Waals surface area (Å²) in [6, 6.07) is 12.8. The number of carbonyl (C=O) groups excluding carboxylic acids is 2. The third-order valence-electron chi connectivity index (χ3n) is 3.40. The summed E-state index contributed by atoms with van der Waals surface area (Å²) in [5, 5.41) is 2.86. The van der Waals surface area contributed by atoms with Crippen LogP contribution in [0.2, 0.25) is 0 Å². The second kappa shape index (κ2) is 6.91. The molecule has 0 aromatic heterocycles. The Bertz CT molecular complexity index is 728. The Hall–Kier alpha value is -1.89. The first-order valence-electron chi connectivity index (χ1n) is 6.80. The predicted octanol–water partition coefficient (Wildman–Crippen LogP) is 3.83. The lowest BCUT2D eigenvalue weighted by Crippen LogP contribution is -2.23. The number of carbonyl (C=O) groups is 2. The number of rotatable bonds is 3. The van der Waals surface area contributed by atoms with Crippen molar-refractivity contribution in [2.75, 3.05) is 17.3 Å². The molecule has 2 rings (SSSR count). The van der Waals surface area contributed by atoms with Crippen LogP contribution in [0.15, 0.2) is 42.5 Å². The highest BCUT2D eigenvalue weighted by Gasteiger charge is 2.10. The summed E-state index contributed by atoms with van der Waals surface area (Å²) in [6.45, 7) is 3.50. The van der Waals surface area contributed by atoms with Crippen molar-refractivity contribution < 1.29 is 9.59 Å². The minimum absolute atomic E-state index is 0.0587. The van der Waals surface area contributed by atoms with E-state index in [4.69, 9.17) is 0 Å². The van der Waals surface area contributed by atoms with Crippen LogP contribution in [-0.4, -0.2) is 18.9 Å². The molecular weight excluding hydrogens is 391 g/mol. The van der Waals surface area contributed by atoms with E-state index in [1.807, 2.05) is 31.2 Å². The van der Waals surface area contributed by atoms with Gasteiger partial charge in [-0.05, 0) is 65.4 Å². The van der Waals surface area contributed by atoms with Crippen LogP contribution in [0.1, 0.15) is 22.8 Å². The van der Waals surface area contributed by atoms with Gasteiger partial charge in [-0.15, -0.1) is 0 Å². The molecule has 0 saturated carbocycles. The van der Waals surface area contributed by atoms with Gasteiger partial charge in [-0.25, -0.2) is 0 Å². The SMILES string of the molecule is CC(=O)N(C)c1cccc(NC(=O)c2ccc(C)c(I)c2)c1. The summed E-state index contributed by atoms with van der Waals surface area (Å²) in [7, 11) is 1.70. The highest BCUT2D eigenvalue weighted by molar-refractivity contribution is 14.1. The number of anilines is 2. The Morgan fingerprint density at radius 1 is 1.14 bits per heavy atom. The fourth-order valence-corrected chi connectivity index (χ4v) is 2.43. The normalized spacial score (nSPS) is 10.2. The van der Waals surface area contributed by atoms with Crippen LogP contribution in [-0.2, 0) is 4.79 Å². The maximum Gasteiger partial charge on any atom is 0.255 e. The van der Waals surface area contributed by atoms with Crippen molar-refractivity contribution in [3.8, 4) is 0 Å². The second-order valence-electron chi connectivity index (χ2n) is 5.05. The lowest BCUT2D eigenvalue weighted by molar-refractivity contribution is -0.116. The second-order valence-corrected chi connectivity index (χ2v) is 6.21. The quantitative estimate of drug-likeness (QED) is 0.785. The van der Waals surface area contributed by atoms with Crippen molar-refractivity contribution >= 4 is 45.8 Å². The number of hydrogen-bond acceptors (Lipinski definition) is 2. The molecule has 0 fully saturated rings. The van der Waals surface area contributed by atoms with Gasteiger partial charge in [0, 0.05) is 34.5 Å². The smallest absolute Gasteiger partial charge is 0.255 e. The van der Waals surface area contributed by atoms with Crippen molar-refractivity contribution in [2.24, 2.45) is 0 Å². The molecule has 22 heavy (non-hydrogen) atoms. The van der Waals surface area contributed by atoms with Gasteiger partial charge in [0.1, 0.15) is 0 Å². The van der Waals surface area contributed by atoms with Gasteiger partial charge in [0.05, 0.1) is 0 Å². The van der Waals surface area contributed by atoms with E-state index in [0.717, 1.165) is 14.8 Å². The summed E-state index contributed by atoms with van der Waals surface area (Å²) in [5.74, 6) is -0.225. The zero-order chi connectivity index (χ0) is 16.3. The Balaban J connectivity index is 2.19. The molecule has 0 spiro atoms. The van der Waals surface area contributed by atoms with E-state index >= 15 is 0 Å². The predicted molar refractivity (Wildman–Crippen MR) is 97.4 cm³/mol. The molecule has 0 aliphatic carbocycles. The molecule has 0 aliphatic heterocycles. The van der Waals surface area contributed by atoms with Crippen LogP contribution in [0, 0.1) is 10.5 Å². The maximum absolute atomic E-state index is 12.3. The number of nitrogens with zero attached hydrogens (tertiary/aromatic N) is 1. The van der Waals surface area contributed by atoms with Crippen molar-refractivity contribution in [3.05, 3.63) is 57.2 Å². The minimum Gasteiger partial charge on any atom is -0.322 e. The number of nitrogens with one attached hydrogen (secondary N) is 1. The maximum atomic E-state index is 12.3. The first-order valence-corrected chi connectivity index (χ1v) is 7.88. The third-order valence-corrected chi connectivity index (χ3v) is 4.56. The molecule has 2 amide bonds. The van der Waals surface area contributed by atoms with E-state index < -0.39 is 0 Å². The summed E-state index contributed by atoms with van der Waals surface area (Å²) in [6.07, 6.45) is 0. The Labute approximate surface area is 143 Å². The van der Waals surface area contributed by atoms with E-state index in [1.54, 1.807) is 25.2 Å². The first kappa shape index (κ1) is 16.5. The van der Waals surface area contributed by atoms with Gasteiger partial charge in [-0.3, -0.25) is 9.59 Å². The molecule has 2 aromatic carbocycles. The molecular formula is C17H17IN2O2. The molecule has 0 bridgehead atoms. The van der Waals surface area contributed by atoms with Crippen molar-refractivity contribution in [2.45, 2.75) is 13.8 Å². The Kier molecular flexibility index (Phi) is 5.18. The zero-order valence-electron chi connectivity index (χ0n) is 12.7. The molecule has 0 radical (unpaired) electrons. The molecule has 0 saturated heterocycles. The van der Waals surface area contributed by atoms with Gasteiger partial charge in [-0.2, -0.15) is 0 Å².